The lowest BCUT2D eigenvalue weighted by Gasteiger charge is -2.30. The quantitative estimate of drug-likeness (QED) is 0.903. The molecule has 0 saturated carbocycles. The molecule has 0 unspecified atom stereocenters. The van der Waals surface area contributed by atoms with Gasteiger partial charge in [0.2, 0.25) is 5.91 Å². The van der Waals surface area contributed by atoms with Crippen LogP contribution in [0.5, 0.6) is 0 Å². The monoisotopic (exact) mass is 341 g/mol. The van der Waals surface area contributed by atoms with Crippen LogP contribution in [0, 0.1) is 5.92 Å². The number of aromatic nitrogens is 2. The van der Waals surface area contributed by atoms with Gasteiger partial charge in [-0.3, -0.25) is 14.4 Å². The van der Waals surface area contributed by atoms with E-state index in [4.69, 9.17) is 5.11 Å². The van der Waals surface area contributed by atoms with Gasteiger partial charge in [0.1, 0.15) is 6.54 Å². The molecule has 25 heavy (non-hydrogen) atoms. The average molecular weight is 341 g/mol. The molecule has 1 aliphatic rings. The van der Waals surface area contributed by atoms with Crippen molar-refractivity contribution in [1.82, 2.24) is 14.7 Å². The number of nitrogens with zero attached hydrogens (tertiary/aromatic N) is 3. The Hall–Kier alpha value is -2.96. The summed E-state index contributed by atoms with van der Waals surface area (Å²) >= 11 is 0. The Morgan fingerprint density at radius 1 is 1.16 bits per heavy atom. The largest absolute Gasteiger partial charge is 0.481 e. The van der Waals surface area contributed by atoms with E-state index < -0.39 is 11.9 Å². The van der Waals surface area contributed by atoms with Crippen LogP contribution < -0.4 is 5.56 Å². The lowest BCUT2D eigenvalue weighted by Crippen LogP contribution is -2.44. The standard InChI is InChI=1S/C18H19N3O4/c22-16-9-8-15(13-5-2-1-3-6-13)19-21(16)12-17(23)20-10-4-7-14(11-20)18(24)25/h1-3,5-6,8-9,14H,4,7,10-12H2,(H,24,25)/t14-/m1/s1. The Bertz CT molecular complexity index is 832. The molecule has 1 aromatic heterocycles. The van der Waals surface area contributed by atoms with Crippen LogP contribution in [0.1, 0.15) is 12.8 Å². The molecule has 1 atom stereocenters. The molecular formula is C18H19N3O4. The first-order valence-electron chi connectivity index (χ1n) is 8.19. The van der Waals surface area contributed by atoms with Gasteiger partial charge in [-0.2, -0.15) is 5.10 Å². The maximum absolute atomic E-state index is 12.5. The number of hydrogen-bond acceptors (Lipinski definition) is 4. The zero-order chi connectivity index (χ0) is 17.8. The highest BCUT2D eigenvalue weighted by molar-refractivity contribution is 5.77. The molecule has 1 N–H and O–H groups in total. The van der Waals surface area contributed by atoms with Crippen molar-refractivity contribution >= 4 is 11.9 Å². The van der Waals surface area contributed by atoms with Crippen molar-refractivity contribution in [2.45, 2.75) is 19.4 Å². The van der Waals surface area contributed by atoms with Crippen molar-refractivity contribution < 1.29 is 14.7 Å². The minimum Gasteiger partial charge on any atom is -0.481 e. The van der Waals surface area contributed by atoms with E-state index in [0.29, 0.717) is 25.1 Å². The van der Waals surface area contributed by atoms with Gasteiger partial charge in [0.15, 0.2) is 0 Å². The van der Waals surface area contributed by atoms with Gasteiger partial charge in [-0.1, -0.05) is 30.3 Å². The summed E-state index contributed by atoms with van der Waals surface area (Å²) < 4.78 is 1.13. The molecule has 1 fully saturated rings. The van der Waals surface area contributed by atoms with Crippen LogP contribution in [0.25, 0.3) is 11.3 Å². The second kappa shape index (κ2) is 7.29. The highest BCUT2D eigenvalue weighted by Crippen LogP contribution is 2.17. The summed E-state index contributed by atoms with van der Waals surface area (Å²) in [6.45, 7) is 0.503. The third kappa shape index (κ3) is 3.93. The van der Waals surface area contributed by atoms with Gasteiger partial charge in [0, 0.05) is 24.7 Å². The summed E-state index contributed by atoms with van der Waals surface area (Å²) in [5.41, 5.74) is 1.10. The van der Waals surface area contributed by atoms with Gasteiger partial charge in [0.05, 0.1) is 11.6 Å². The summed E-state index contributed by atoms with van der Waals surface area (Å²) in [6.07, 6.45) is 1.22. The Labute approximate surface area is 144 Å². The van der Waals surface area contributed by atoms with E-state index in [1.54, 1.807) is 6.07 Å². The third-order valence-electron chi connectivity index (χ3n) is 4.34. The normalized spacial score (nSPS) is 17.3. The summed E-state index contributed by atoms with van der Waals surface area (Å²) in [7, 11) is 0. The summed E-state index contributed by atoms with van der Waals surface area (Å²) in [5, 5.41) is 13.4. The minimum absolute atomic E-state index is 0.182. The van der Waals surface area contributed by atoms with E-state index in [1.165, 1.54) is 11.0 Å². The molecule has 2 aromatic rings. The molecule has 1 aliphatic heterocycles. The summed E-state index contributed by atoms with van der Waals surface area (Å²) in [4.78, 5) is 37.1. The van der Waals surface area contributed by atoms with Crippen molar-refractivity contribution in [2.75, 3.05) is 13.1 Å². The topological polar surface area (TPSA) is 92.5 Å². The molecular weight excluding hydrogens is 322 g/mol. The maximum atomic E-state index is 12.5. The number of amides is 1. The van der Waals surface area contributed by atoms with E-state index >= 15 is 0 Å². The number of likely N-dealkylation sites (tertiary alicyclic amines) is 1. The highest BCUT2D eigenvalue weighted by Gasteiger charge is 2.28. The van der Waals surface area contributed by atoms with Crippen LogP contribution in [0.3, 0.4) is 0 Å². The van der Waals surface area contributed by atoms with Crippen LogP contribution in [-0.2, 0) is 16.1 Å². The van der Waals surface area contributed by atoms with E-state index in [1.807, 2.05) is 30.3 Å². The zero-order valence-corrected chi connectivity index (χ0v) is 13.7. The molecule has 130 valence electrons. The molecule has 0 spiro atoms. The second-order valence-electron chi connectivity index (χ2n) is 6.10. The summed E-state index contributed by atoms with van der Waals surface area (Å²) in [5.74, 6) is -1.72. The molecule has 0 aliphatic carbocycles. The predicted octanol–water partition coefficient (Wildman–Crippen LogP) is 1.23. The van der Waals surface area contributed by atoms with Crippen LogP contribution in [0.2, 0.25) is 0 Å². The zero-order valence-electron chi connectivity index (χ0n) is 13.7. The Morgan fingerprint density at radius 2 is 1.92 bits per heavy atom. The van der Waals surface area contributed by atoms with Gasteiger partial charge < -0.3 is 10.0 Å². The number of carboxylic acids is 1. The fraction of sp³-hybridized carbons (Fsp3) is 0.333. The van der Waals surface area contributed by atoms with Gasteiger partial charge in [-0.25, -0.2) is 4.68 Å². The highest BCUT2D eigenvalue weighted by atomic mass is 16.4. The first kappa shape index (κ1) is 16.9. The van der Waals surface area contributed by atoms with Crippen LogP contribution in [0.15, 0.2) is 47.3 Å². The van der Waals surface area contributed by atoms with E-state index in [2.05, 4.69) is 5.10 Å². The van der Waals surface area contributed by atoms with Crippen molar-refractivity contribution in [2.24, 2.45) is 5.92 Å². The third-order valence-corrected chi connectivity index (χ3v) is 4.34. The fourth-order valence-corrected chi connectivity index (χ4v) is 2.96. The lowest BCUT2D eigenvalue weighted by atomic mass is 9.98. The SMILES string of the molecule is O=C(O)[C@@H]1CCCN(C(=O)Cn2nc(-c3ccccc3)ccc2=O)C1. The number of piperidine rings is 1. The molecule has 7 nitrogen and oxygen atoms in total. The van der Waals surface area contributed by atoms with Crippen molar-refractivity contribution in [1.29, 1.82) is 0 Å². The minimum atomic E-state index is -0.890. The van der Waals surface area contributed by atoms with Gasteiger partial charge in [-0.15, -0.1) is 0 Å². The molecule has 1 saturated heterocycles. The lowest BCUT2D eigenvalue weighted by molar-refractivity contribution is -0.145. The van der Waals surface area contributed by atoms with Gasteiger partial charge in [0.25, 0.3) is 5.56 Å². The molecule has 0 bridgehead atoms. The van der Waals surface area contributed by atoms with Crippen LogP contribution in [-0.4, -0.2) is 44.8 Å². The number of hydrogen-bond donors (Lipinski definition) is 1. The molecule has 2 heterocycles. The molecule has 1 amide bonds. The number of benzene rings is 1. The van der Waals surface area contributed by atoms with Crippen molar-refractivity contribution in [3.8, 4) is 11.3 Å². The number of carbonyl (C=O) groups is 2. The second-order valence-corrected chi connectivity index (χ2v) is 6.10. The Balaban J connectivity index is 1.77. The molecule has 1 aromatic carbocycles. The number of aliphatic carboxylic acids is 1. The van der Waals surface area contributed by atoms with Gasteiger partial charge in [-0.05, 0) is 18.9 Å². The van der Waals surface area contributed by atoms with E-state index in [9.17, 15) is 14.4 Å². The Kier molecular flexibility index (Phi) is 4.92. The number of carbonyl (C=O) groups excluding carboxylic acids is 1. The maximum Gasteiger partial charge on any atom is 0.308 e. The van der Waals surface area contributed by atoms with E-state index in [0.717, 1.165) is 10.2 Å². The van der Waals surface area contributed by atoms with Crippen molar-refractivity contribution in [3.05, 3.63) is 52.8 Å². The number of rotatable bonds is 4. The first-order valence-corrected chi connectivity index (χ1v) is 8.19. The predicted molar refractivity (Wildman–Crippen MR) is 90.9 cm³/mol. The smallest absolute Gasteiger partial charge is 0.308 e. The van der Waals surface area contributed by atoms with Gasteiger partial charge >= 0.3 is 5.97 Å². The molecule has 0 radical (unpaired) electrons. The summed E-state index contributed by atoms with van der Waals surface area (Å²) in [6, 6.07) is 12.4. The van der Waals surface area contributed by atoms with E-state index in [-0.39, 0.29) is 24.6 Å². The Morgan fingerprint density at radius 3 is 2.64 bits per heavy atom. The fourth-order valence-electron chi connectivity index (χ4n) is 2.96. The average Bonchev–Trinajstić information content (AvgIpc) is 2.64. The van der Waals surface area contributed by atoms with Crippen LogP contribution in [0.4, 0.5) is 0 Å². The van der Waals surface area contributed by atoms with Crippen molar-refractivity contribution in [3.63, 3.8) is 0 Å². The van der Waals surface area contributed by atoms with Crippen LogP contribution >= 0.6 is 0 Å². The molecule has 3 rings (SSSR count). The number of carboxylic acid groups (broad SMARTS) is 1. The molecule has 7 heteroatoms. The first-order chi connectivity index (χ1) is 12.0.